The number of aryl methyl sites for hydroxylation is 1. The molecular formula is C17H16Cl2O2. The molecule has 0 aromatic heterocycles. The summed E-state index contributed by atoms with van der Waals surface area (Å²) in [5.74, 6) is 0.619. The minimum absolute atomic E-state index is 0.000499. The molecule has 21 heavy (non-hydrogen) atoms. The molecule has 0 saturated carbocycles. The maximum absolute atomic E-state index is 12.5. The lowest BCUT2D eigenvalue weighted by atomic mass is 10.0. The third-order valence-electron chi connectivity index (χ3n) is 3.08. The zero-order chi connectivity index (χ0) is 15.4. The molecule has 0 amide bonds. The number of rotatable bonds is 5. The summed E-state index contributed by atoms with van der Waals surface area (Å²) < 4.78 is 5.53. The summed E-state index contributed by atoms with van der Waals surface area (Å²) in [4.78, 5) is 12.5. The number of halogens is 2. The van der Waals surface area contributed by atoms with Crippen LogP contribution < -0.4 is 4.74 Å². The van der Waals surface area contributed by atoms with Gasteiger partial charge >= 0.3 is 0 Å². The van der Waals surface area contributed by atoms with E-state index in [4.69, 9.17) is 27.9 Å². The zero-order valence-corrected chi connectivity index (χ0v) is 13.5. The van der Waals surface area contributed by atoms with E-state index in [1.807, 2.05) is 38.1 Å². The highest BCUT2D eigenvalue weighted by Crippen LogP contribution is 2.25. The Balaban J connectivity index is 2.27. The Morgan fingerprint density at radius 2 is 1.86 bits per heavy atom. The second-order valence-corrected chi connectivity index (χ2v) is 5.60. The van der Waals surface area contributed by atoms with Crippen LogP contribution in [0.4, 0.5) is 0 Å². The Kier molecular flexibility index (Phi) is 5.27. The summed E-state index contributed by atoms with van der Waals surface area (Å²) in [5.41, 5.74) is 2.46. The van der Waals surface area contributed by atoms with Crippen LogP contribution in [0.5, 0.6) is 5.75 Å². The minimum atomic E-state index is 0.000499. The molecule has 0 spiro atoms. The molecule has 2 nitrogen and oxygen atoms in total. The lowest BCUT2D eigenvalue weighted by molar-refractivity contribution is 0.0989. The van der Waals surface area contributed by atoms with Crippen molar-refractivity contribution in [1.29, 1.82) is 0 Å². The molecule has 0 saturated heterocycles. The summed E-state index contributed by atoms with van der Waals surface area (Å²) in [5, 5.41) is 0.940. The monoisotopic (exact) mass is 322 g/mol. The fourth-order valence-electron chi connectivity index (χ4n) is 2.07. The van der Waals surface area contributed by atoms with Gasteiger partial charge in [0.1, 0.15) is 5.75 Å². The molecule has 0 fully saturated rings. The Bertz CT molecular complexity index is 666. The Morgan fingerprint density at radius 1 is 1.10 bits per heavy atom. The normalized spacial score (nSPS) is 10.5. The van der Waals surface area contributed by atoms with E-state index in [1.54, 1.807) is 12.1 Å². The first-order chi connectivity index (χ1) is 10.0. The molecule has 0 N–H and O–H groups in total. The van der Waals surface area contributed by atoms with Gasteiger partial charge in [0.2, 0.25) is 0 Å². The topological polar surface area (TPSA) is 26.3 Å². The van der Waals surface area contributed by atoms with Crippen molar-refractivity contribution in [2.24, 2.45) is 0 Å². The summed E-state index contributed by atoms with van der Waals surface area (Å²) in [6, 6.07) is 10.8. The van der Waals surface area contributed by atoms with Crippen molar-refractivity contribution in [2.45, 2.75) is 20.3 Å². The molecule has 0 heterocycles. The fourth-order valence-corrected chi connectivity index (χ4v) is 2.39. The van der Waals surface area contributed by atoms with Crippen molar-refractivity contribution in [3.63, 3.8) is 0 Å². The molecule has 0 bridgehead atoms. The molecule has 2 aromatic carbocycles. The summed E-state index contributed by atoms with van der Waals surface area (Å²) in [6.45, 7) is 4.37. The third-order valence-corrected chi connectivity index (χ3v) is 3.82. The first kappa shape index (κ1) is 15.9. The van der Waals surface area contributed by atoms with Crippen molar-refractivity contribution in [2.75, 3.05) is 6.61 Å². The molecule has 0 radical (unpaired) electrons. The van der Waals surface area contributed by atoms with Gasteiger partial charge in [-0.05, 0) is 43.7 Å². The van der Waals surface area contributed by atoms with Gasteiger partial charge in [0.25, 0.3) is 0 Å². The van der Waals surface area contributed by atoms with Crippen LogP contribution in [-0.2, 0) is 6.42 Å². The van der Waals surface area contributed by atoms with Crippen LogP contribution in [-0.4, -0.2) is 12.4 Å². The fraction of sp³-hybridized carbons (Fsp3) is 0.235. The number of hydrogen-bond acceptors (Lipinski definition) is 2. The molecule has 4 heteroatoms. The van der Waals surface area contributed by atoms with Crippen molar-refractivity contribution in [1.82, 2.24) is 0 Å². The van der Waals surface area contributed by atoms with Crippen molar-refractivity contribution >= 4 is 29.0 Å². The van der Waals surface area contributed by atoms with Gasteiger partial charge in [-0.3, -0.25) is 4.79 Å². The van der Waals surface area contributed by atoms with Crippen LogP contribution in [0, 0.1) is 6.92 Å². The third kappa shape index (κ3) is 3.99. The van der Waals surface area contributed by atoms with E-state index >= 15 is 0 Å². The zero-order valence-electron chi connectivity index (χ0n) is 12.0. The first-order valence-electron chi connectivity index (χ1n) is 6.72. The van der Waals surface area contributed by atoms with Crippen LogP contribution >= 0.6 is 23.2 Å². The van der Waals surface area contributed by atoms with E-state index in [0.717, 1.165) is 11.1 Å². The minimum Gasteiger partial charge on any atom is -0.493 e. The number of ether oxygens (including phenoxy) is 1. The van der Waals surface area contributed by atoms with Crippen molar-refractivity contribution < 1.29 is 9.53 Å². The highest BCUT2D eigenvalue weighted by molar-refractivity contribution is 6.42. The van der Waals surface area contributed by atoms with E-state index in [2.05, 4.69) is 0 Å². The van der Waals surface area contributed by atoms with Gasteiger partial charge < -0.3 is 4.74 Å². The van der Waals surface area contributed by atoms with E-state index in [-0.39, 0.29) is 12.2 Å². The molecule has 2 rings (SSSR count). The molecular weight excluding hydrogens is 307 g/mol. The van der Waals surface area contributed by atoms with Crippen LogP contribution in [0.25, 0.3) is 0 Å². The quantitative estimate of drug-likeness (QED) is 0.713. The van der Waals surface area contributed by atoms with E-state index in [1.165, 1.54) is 0 Å². The average molecular weight is 323 g/mol. The van der Waals surface area contributed by atoms with Crippen molar-refractivity contribution in [3.8, 4) is 5.75 Å². The van der Waals surface area contributed by atoms with Gasteiger partial charge in [-0.15, -0.1) is 0 Å². The predicted octanol–water partition coefficient (Wildman–Crippen LogP) is 5.13. The van der Waals surface area contributed by atoms with Gasteiger partial charge in [0, 0.05) is 6.42 Å². The average Bonchev–Trinajstić information content (AvgIpc) is 2.45. The number of benzene rings is 2. The van der Waals surface area contributed by atoms with Gasteiger partial charge in [0.05, 0.1) is 22.2 Å². The molecule has 0 unspecified atom stereocenters. The van der Waals surface area contributed by atoms with Gasteiger partial charge in [-0.25, -0.2) is 0 Å². The maximum atomic E-state index is 12.5. The van der Waals surface area contributed by atoms with Crippen LogP contribution in [0.2, 0.25) is 10.0 Å². The smallest absolute Gasteiger partial charge is 0.170 e. The van der Waals surface area contributed by atoms with E-state index in [0.29, 0.717) is 28.0 Å². The Hall–Kier alpha value is -1.51. The summed E-state index contributed by atoms with van der Waals surface area (Å²) in [7, 11) is 0. The van der Waals surface area contributed by atoms with Gasteiger partial charge in [-0.2, -0.15) is 0 Å². The Labute approximate surface area is 134 Å². The van der Waals surface area contributed by atoms with Crippen LogP contribution in [0.1, 0.15) is 28.4 Å². The second-order valence-electron chi connectivity index (χ2n) is 4.78. The largest absolute Gasteiger partial charge is 0.493 e. The lowest BCUT2D eigenvalue weighted by Gasteiger charge is -2.10. The van der Waals surface area contributed by atoms with Crippen LogP contribution in [0.3, 0.4) is 0 Å². The SMILES string of the molecule is CCOc1ccc(C)cc1C(=O)Cc1ccc(Cl)c(Cl)c1. The molecule has 0 atom stereocenters. The highest BCUT2D eigenvalue weighted by Gasteiger charge is 2.14. The molecule has 0 aliphatic rings. The molecule has 110 valence electrons. The molecule has 0 aliphatic heterocycles. The number of carbonyl (C=O) groups is 1. The maximum Gasteiger partial charge on any atom is 0.170 e. The molecule has 0 aliphatic carbocycles. The highest BCUT2D eigenvalue weighted by atomic mass is 35.5. The second kappa shape index (κ2) is 6.97. The van der Waals surface area contributed by atoms with Crippen LogP contribution in [0.15, 0.2) is 36.4 Å². The standard InChI is InChI=1S/C17H16Cl2O2/c1-3-21-17-7-4-11(2)8-13(17)16(20)10-12-5-6-14(18)15(19)9-12/h4-9H,3,10H2,1-2H3. The number of carbonyl (C=O) groups excluding carboxylic acids is 1. The van der Waals surface area contributed by atoms with Gasteiger partial charge in [-0.1, -0.05) is 40.9 Å². The number of hydrogen-bond donors (Lipinski definition) is 0. The predicted molar refractivity (Wildman–Crippen MR) is 86.8 cm³/mol. The van der Waals surface area contributed by atoms with Crippen molar-refractivity contribution in [3.05, 3.63) is 63.1 Å². The Morgan fingerprint density at radius 3 is 2.52 bits per heavy atom. The van der Waals surface area contributed by atoms with E-state index in [9.17, 15) is 4.79 Å². The summed E-state index contributed by atoms with van der Waals surface area (Å²) >= 11 is 11.9. The van der Waals surface area contributed by atoms with Gasteiger partial charge in [0.15, 0.2) is 5.78 Å². The summed E-state index contributed by atoms with van der Waals surface area (Å²) in [6.07, 6.45) is 0.264. The lowest BCUT2D eigenvalue weighted by Crippen LogP contribution is -2.07. The number of ketones is 1. The number of Topliss-reactive ketones (excluding diaryl/α,β-unsaturated/α-hetero) is 1. The van der Waals surface area contributed by atoms with E-state index < -0.39 is 0 Å². The first-order valence-corrected chi connectivity index (χ1v) is 7.47. The molecule has 2 aromatic rings.